The lowest BCUT2D eigenvalue weighted by Gasteiger charge is -2.14. The standard InChI is InChI=1S/C21H19FN2O2/c22-20-6-2-1-5-17(20)15-26-19-9-7-16(8-10-19)13-18(14-23)21(25)24-11-3-4-12-24/h1-2,5-10,13H,3-4,11-12,15H2/b18-13+. The number of likely N-dealkylation sites (tertiary alicyclic amines) is 1. The molecule has 1 fully saturated rings. The van der Waals surface area contributed by atoms with Gasteiger partial charge in [-0.25, -0.2) is 4.39 Å². The SMILES string of the molecule is N#C/C(=C\c1ccc(OCc2ccccc2F)cc1)C(=O)N1CCCC1. The molecule has 1 heterocycles. The molecule has 2 aromatic carbocycles. The van der Waals surface area contributed by atoms with Gasteiger partial charge >= 0.3 is 0 Å². The van der Waals surface area contributed by atoms with Crippen LogP contribution in [-0.4, -0.2) is 23.9 Å². The molecular weight excluding hydrogens is 331 g/mol. The fourth-order valence-corrected chi connectivity index (χ4v) is 2.84. The summed E-state index contributed by atoms with van der Waals surface area (Å²) < 4.78 is 19.2. The molecule has 0 aromatic heterocycles. The number of nitrogens with zero attached hydrogens (tertiary/aromatic N) is 2. The zero-order valence-electron chi connectivity index (χ0n) is 14.3. The molecule has 0 aliphatic carbocycles. The number of carbonyl (C=O) groups is 1. The molecule has 3 rings (SSSR count). The van der Waals surface area contributed by atoms with Gasteiger partial charge in [0.1, 0.15) is 29.8 Å². The Hall–Kier alpha value is -3.13. The maximum Gasteiger partial charge on any atom is 0.264 e. The van der Waals surface area contributed by atoms with Crippen molar-refractivity contribution in [3.05, 3.63) is 71.0 Å². The number of benzene rings is 2. The molecule has 0 radical (unpaired) electrons. The maximum absolute atomic E-state index is 13.6. The van der Waals surface area contributed by atoms with Crippen molar-refractivity contribution in [1.82, 2.24) is 4.90 Å². The van der Waals surface area contributed by atoms with E-state index in [2.05, 4.69) is 0 Å². The van der Waals surface area contributed by atoms with Crippen LogP contribution in [0.2, 0.25) is 0 Å². The molecule has 0 bridgehead atoms. The summed E-state index contributed by atoms with van der Waals surface area (Å²) in [5.74, 6) is 0.0748. The van der Waals surface area contributed by atoms with Crippen LogP contribution in [0.4, 0.5) is 4.39 Å². The van der Waals surface area contributed by atoms with E-state index in [1.807, 2.05) is 6.07 Å². The van der Waals surface area contributed by atoms with Crippen LogP contribution in [0, 0.1) is 17.1 Å². The van der Waals surface area contributed by atoms with E-state index in [1.165, 1.54) is 6.07 Å². The molecule has 0 spiro atoms. The summed E-state index contributed by atoms with van der Waals surface area (Å²) in [6.07, 6.45) is 3.55. The van der Waals surface area contributed by atoms with E-state index in [4.69, 9.17) is 4.74 Å². The molecule has 1 aliphatic rings. The summed E-state index contributed by atoms with van der Waals surface area (Å²) in [7, 11) is 0. The average Bonchev–Trinajstić information content (AvgIpc) is 3.21. The van der Waals surface area contributed by atoms with Gasteiger partial charge < -0.3 is 9.64 Å². The topological polar surface area (TPSA) is 53.3 Å². The van der Waals surface area contributed by atoms with Crippen LogP contribution in [0.3, 0.4) is 0 Å². The van der Waals surface area contributed by atoms with Gasteiger partial charge in [0.25, 0.3) is 5.91 Å². The lowest BCUT2D eigenvalue weighted by Crippen LogP contribution is -2.28. The third-order valence-electron chi connectivity index (χ3n) is 4.29. The Morgan fingerprint density at radius 2 is 1.85 bits per heavy atom. The zero-order chi connectivity index (χ0) is 18.4. The van der Waals surface area contributed by atoms with E-state index in [9.17, 15) is 14.4 Å². The Morgan fingerprint density at radius 3 is 2.50 bits per heavy atom. The van der Waals surface area contributed by atoms with Crippen molar-refractivity contribution in [1.29, 1.82) is 5.26 Å². The highest BCUT2D eigenvalue weighted by atomic mass is 19.1. The molecular formula is C21H19FN2O2. The Balaban J connectivity index is 1.65. The fraction of sp³-hybridized carbons (Fsp3) is 0.238. The van der Waals surface area contributed by atoms with Gasteiger partial charge in [-0.3, -0.25) is 4.79 Å². The highest BCUT2D eigenvalue weighted by Gasteiger charge is 2.21. The minimum atomic E-state index is -0.300. The Bertz CT molecular complexity index is 847. The van der Waals surface area contributed by atoms with Crippen molar-refractivity contribution in [2.24, 2.45) is 0 Å². The molecule has 0 N–H and O–H groups in total. The van der Waals surface area contributed by atoms with Gasteiger partial charge in [0, 0.05) is 18.7 Å². The predicted molar refractivity (Wildman–Crippen MR) is 96.6 cm³/mol. The molecule has 0 atom stereocenters. The second-order valence-electron chi connectivity index (χ2n) is 6.12. The quantitative estimate of drug-likeness (QED) is 0.606. The van der Waals surface area contributed by atoms with Crippen molar-refractivity contribution in [3.63, 3.8) is 0 Å². The van der Waals surface area contributed by atoms with Gasteiger partial charge in [-0.2, -0.15) is 5.26 Å². The fourth-order valence-electron chi connectivity index (χ4n) is 2.84. The van der Waals surface area contributed by atoms with Crippen molar-refractivity contribution < 1.29 is 13.9 Å². The van der Waals surface area contributed by atoms with Crippen molar-refractivity contribution in [2.45, 2.75) is 19.4 Å². The van der Waals surface area contributed by atoms with Crippen LogP contribution in [0.5, 0.6) is 5.75 Å². The highest BCUT2D eigenvalue weighted by molar-refractivity contribution is 6.01. The van der Waals surface area contributed by atoms with Crippen molar-refractivity contribution in [2.75, 3.05) is 13.1 Å². The van der Waals surface area contributed by atoms with E-state index in [0.717, 1.165) is 18.4 Å². The molecule has 0 unspecified atom stereocenters. The van der Waals surface area contributed by atoms with Crippen LogP contribution < -0.4 is 4.74 Å². The van der Waals surface area contributed by atoms with Gasteiger partial charge in [0.05, 0.1) is 0 Å². The van der Waals surface area contributed by atoms with Gasteiger partial charge in [-0.05, 0) is 42.7 Å². The van der Waals surface area contributed by atoms with Gasteiger partial charge in [0.15, 0.2) is 0 Å². The molecule has 26 heavy (non-hydrogen) atoms. The zero-order valence-corrected chi connectivity index (χ0v) is 14.3. The Labute approximate surface area is 152 Å². The number of halogens is 1. The third kappa shape index (κ3) is 4.28. The average molecular weight is 350 g/mol. The molecule has 1 amide bonds. The summed E-state index contributed by atoms with van der Waals surface area (Å²) in [5.41, 5.74) is 1.36. The number of ether oxygens (including phenoxy) is 1. The van der Waals surface area contributed by atoms with E-state index < -0.39 is 0 Å². The second-order valence-corrected chi connectivity index (χ2v) is 6.12. The predicted octanol–water partition coefficient (Wildman–Crippen LogP) is 3.93. The molecule has 132 valence electrons. The maximum atomic E-state index is 13.6. The summed E-state index contributed by atoms with van der Waals surface area (Å²) in [5, 5.41) is 9.28. The summed E-state index contributed by atoms with van der Waals surface area (Å²) >= 11 is 0. The number of nitriles is 1. The molecule has 2 aromatic rings. The first-order chi connectivity index (χ1) is 12.7. The monoisotopic (exact) mass is 350 g/mol. The molecule has 4 nitrogen and oxygen atoms in total. The lowest BCUT2D eigenvalue weighted by molar-refractivity contribution is -0.125. The number of hydrogen-bond donors (Lipinski definition) is 0. The normalized spacial score (nSPS) is 14.2. The lowest BCUT2D eigenvalue weighted by atomic mass is 10.1. The number of hydrogen-bond acceptors (Lipinski definition) is 3. The van der Waals surface area contributed by atoms with Crippen LogP contribution in [0.25, 0.3) is 6.08 Å². The van der Waals surface area contributed by atoms with Gasteiger partial charge in [-0.1, -0.05) is 30.3 Å². The van der Waals surface area contributed by atoms with Crippen LogP contribution >= 0.6 is 0 Å². The van der Waals surface area contributed by atoms with E-state index >= 15 is 0 Å². The third-order valence-corrected chi connectivity index (χ3v) is 4.29. The smallest absolute Gasteiger partial charge is 0.264 e. The molecule has 0 saturated carbocycles. The Kier molecular flexibility index (Phi) is 5.65. The second kappa shape index (κ2) is 8.30. The highest BCUT2D eigenvalue weighted by Crippen LogP contribution is 2.18. The number of amides is 1. The van der Waals surface area contributed by atoms with Crippen LogP contribution in [0.1, 0.15) is 24.0 Å². The van der Waals surface area contributed by atoms with Crippen molar-refractivity contribution in [3.8, 4) is 11.8 Å². The molecule has 5 heteroatoms. The van der Waals surface area contributed by atoms with Crippen molar-refractivity contribution >= 4 is 12.0 Å². The van der Waals surface area contributed by atoms with Gasteiger partial charge in [-0.15, -0.1) is 0 Å². The Morgan fingerprint density at radius 1 is 1.15 bits per heavy atom. The van der Waals surface area contributed by atoms with Crippen LogP contribution in [0.15, 0.2) is 54.1 Å². The minimum absolute atomic E-state index is 0.131. The largest absolute Gasteiger partial charge is 0.489 e. The number of rotatable bonds is 5. The molecule has 1 saturated heterocycles. The molecule has 1 aliphatic heterocycles. The summed E-state index contributed by atoms with van der Waals surface area (Å²) in [4.78, 5) is 14.0. The van der Waals surface area contributed by atoms with E-state index in [1.54, 1.807) is 53.4 Å². The van der Waals surface area contributed by atoms with Crippen LogP contribution in [-0.2, 0) is 11.4 Å². The first kappa shape index (κ1) is 17.7. The van der Waals surface area contributed by atoms with E-state index in [-0.39, 0.29) is 23.9 Å². The minimum Gasteiger partial charge on any atom is -0.489 e. The van der Waals surface area contributed by atoms with Gasteiger partial charge in [0.2, 0.25) is 0 Å². The van der Waals surface area contributed by atoms with E-state index in [0.29, 0.717) is 24.4 Å². The first-order valence-electron chi connectivity index (χ1n) is 8.55. The summed E-state index contributed by atoms with van der Waals surface area (Å²) in [6, 6.07) is 15.5. The first-order valence-corrected chi connectivity index (χ1v) is 8.55. The number of carbonyl (C=O) groups excluding carboxylic acids is 1. The summed E-state index contributed by atoms with van der Waals surface area (Å²) in [6.45, 7) is 1.56.